The number of benzene rings is 2. The van der Waals surface area contributed by atoms with Crippen molar-refractivity contribution in [2.75, 3.05) is 24.2 Å². The van der Waals surface area contributed by atoms with Gasteiger partial charge < -0.3 is 9.30 Å². The van der Waals surface area contributed by atoms with Gasteiger partial charge in [-0.25, -0.2) is 8.42 Å². The third-order valence-electron chi connectivity index (χ3n) is 5.13. The van der Waals surface area contributed by atoms with Crippen LogP contribution in [0.1, 0.15) is 32.4 Å². The normalized spacial score (nSPS) is 11.6. The van der Waals surface area contributed by atoms with Gasteiger partial charge in [-0.2, -0.15) is 5.26 Å². The summed E-state index contributed by atoms with van der Waals surface area (Å²) in [6.45, 7) is 5.76. The fraction of sp³-hybridized carbons (Fsp3) is 0.318. The van der Waals surface area contributed by atoms with Crippen LogP contribution >= 0.6 is 0 Å². The Kier molecular flexibility index (Phi) is 5.58. The van der Waals surface area contributed by atoms with Crippen molar-refractivity contribution in [3.8, 4) is 23.1 Å². The molecule has 0 aliphatic rings. The van der Waals surface area contributed by atoms with Gasteiger partial charge in [-0.3, -0.25) is 4.31 Å². The number of aromatic nitrogens is 1. The van der Waals surface area contributed by atoms with Crippen LogP contribution in [0.25, 0.3) is 22.2 Å². The summed E-state index contributed by atoms with van der Waals surface area (Å²) in [6.07, 6.45) is 0. The minimum absolute atomic E-state index is 0.0350. The molecule has 0 bridgehead atoms. The molecule has 0 saturated heterocycles. The van der Waals surface area contributed by atoms with E-state index in [-0.39, 0.29) is 11.8 Å². The Bertz CT molecular complexity index is 1190. The standard InChI is InChI=1S/C22H25N3O3S/c1-6-29(26,27)24(4)17-9-7-16(8-10-17)22-20(14-23)19-12-11-18(28-5)13-21(19)25(22)15(2)3/h7-13,15H,6H2,1-5H3. The monoisotopic (exact) mass is 411 g/mol. The molecule has 0 aliphatic heterocycles. The summed E-state index contributed by atoms with van der Waals surface area (Å²) in [4.78, 5) is 0. The molecule has 6 nitrogen and oxygen atoms in total. The maximum absolute atomic E-state index is 12.1. The van der Waals surface area contributed by atoms with Crippen molar-refractivity contribution < 1.29 is 13.2 Å². The number of sulfonamides is 1. The number of anilines is 1. The van der Waals surface area contributed by atoms with E-state index in [0.29, 0.717) is 11.3 Å². The van der Waals surface area contributed by atoms with Crippen molar-refractivity contribution in [3.05, 3.63) is 48.0 Å². The van der Waals surface area contributed by atoms with Crippen LogP contribution in [0.4, 0.5) is 5.69 Å². The van der Waals surface area contributed by atoms with E-state index in [1.54, 1.807) is 33.2 Å². The molecule has 7 heteroatoms. The van der Waals surface area contributed by atoms with Crippen LogP contribution in [0.2, 0.25) is 0 Å². The van der Waals surface area contributed by atoms with Crippen LogP contribution in [-0.4, -0.2) is 32.9 Å². The van der Waals surface area contributed by atoms with Gasteiger partial charge in [0.15, 0.2) is 0 Å². The van der Waals surface area contributed by atoms with Crippen LogP contribution in [0.5, 0.6) is 5.75 Å². The number of ether oxygens (including phenoxy) is 1. The second kappa shape index (κ2) is 7.80. The molecule has 1 aromatic heterocycles. The first-order valence-electron chi connectivity index (χ1n) is 9.44. The van der Waals surface area contributed by atoms with Gasteiger partial charge in [-0.1, -0.05) is 12.1 Å². The first kappa shape index (κ1) is 20.7. The Morgan fingerprint density at radius 2 is 1.83 bits per heavy atom. The van der Waals surface area contributed by atoms with Crippen LogP contribution < -0.4 is 9.04 Å². The molecule has 0 amide bonds. The van der Waals surface area contributed by atoms with Gasteiger partial charge >= 0.3 is 0 Å². The second-order valence-electron chi connectivity index (χ2n) is 7.10. The lowest BCUT2D eigenvalue weighted by molar-refractivity contribution is 0.415. The summed E-state index contributed by atoms with van der Waals surface area (Å²) in [5, 5.41) is 10.8. The van der Waals surface area contributed by atoms with Crippen LogP contribution in [-0.2, 0) is 10.0 Å². The van der Waals surface area contributed by atoms with E-state index in [2.05, 4.69) is 24.5 Å². The van der Waals surface area contributed by atoms with Gasteiger partial charge in [0.05, 0.1) is 35.3 Å². The number of hydrogen-bond acceptors (Lipinski definition) is 4. The van der Waals surface area contributed by atoms with Crippen LogP contribution in [0.3, 0.4) is 0 Å². The molecule has 152 valence electrons. The summed E-state index contributed by atoms with van der Waals surface area (Å²) < 4.78 is 33.1. The van der Waals surface area contributed by atoms with Gasteiger partial charge in [-0.15, -0.1) is 0 Å². The smallest absolute Gasteiger partial charge is 0.234 e. The second-order valence-corrected chi connectivity index (χ2v) is 9.39. The van der Waals surface area contributed by atoms with Gasteiger partial charge in [0.25, 0.3) is 0 Å². The minimum Gasteiger partial charge on any atom is -0.497 e. The summed E-state index contributed by atoms with van der Waals surface area (Å²) in [5.41, 5.74) is 3.79. The molecular weight excluding hydrogens is 386 g/mol. The van der Waals surface area contributed by atoms with E-state index in [9.17, 15) is 13.7 Å². The van der Waals surface area contributed by atoms with Crippen molar-refractivity contribution in [2.45, 2.75) is 26.8 Å². The molecule has 3 rings (SSSR count). The third kappa shape index (κ3) is 3.56. The zero-order valence-electron chi connectivity index (χ0n) is 17.3. The molecule has 0 unspecified atom stereocenters. The predicted molar refractivity (Wildman–Crippen MR) is 117 cm³/mol. The molecule has 1 heterocycles. The zero-order valence-corrected chi connectivity index (χ0v) is 18.1. The van der Waals surface area contributed by atoms with E-state index in [1.807, 2.05) is 30.3 Å². The van der Waals surface area contributed by atoms with Gasteiger partial charge in [-0.05, 0) is 50.6 Å². The van der Waals surface area contributed by atoms with E-state index < -0.39 is 10.0 Å². The summed E-state index contributed by atoms with van der Waals surface area (Å²) in [7, 11) is -0.161. The predicted octanol–water partition coefficient (Wildman–Crippen LogP) is 4.56. The molecule has 0 N–H and O–H groups in total. The molecule has 29 heavy (non-hydrogen) atoms. The van der Waals surface area contributed by atoms with Crippen molar-refractivity contribution in [2.24, 2.45) is 0 Å². The molecule has 0 atom stereocenters. The third-order valence-corrected chi connectivity index (χ3v) is 6.90. The average Bonchev–Trinajstić information content (AvgIpc) is 3.06. The topological polar surface area (TPSA) is 75.3 Å². The fourth-order valence-electron chi connectivity index (χ4n) is 3.53. The van der Waals surface area contributed by atoms with E-state index >= 15 is 0 Å². The number of rotatable bonds is 6. The van der Waals surface area contributed by atoms with E-state index in [4.69, 9.17) is 4.74 Å². The highest BCUT2D eigenvalue weighted by Crippen LogP contribution is 2.38. The Morgan fingerprint density at radius 3 is 2.34 bits per heavy atom. The summed E-state index contributed by atoms with van der Waals surface area (Å²) in [6, 6.07) is 15.4. The quantitative estimate of drug-likeness (QED) is 0.596. The number of fused-ring (bicyclic) bond motifs is 1. The van der Waals surface area contributed by atoms with Gasteiger partial charge in [0.2, 0.25) is 10.0 Å². The number of nitriles is 1. The first-order valence-corrected chi connectivity index (χ1v) is 11.0. The first-order chi connectivity index (χ1) is 13.7. The summed E-state index contributed by atoms with van der Waals surface area (Å²) in [5.74, 6) is 0.766. The van der Waals surface area contributed by atoms with Crippen LogP contribution in [0.15, 0.2) is 42.5 Å². The zero-order chi connectivity index (χ0) is 21.3. The molecule has 0 radical (unpaired) electrons. The highest BCUT2D eigenvalue weighted by atomic mass is 32.2. The van der Waals surface area contributed by atoms with Crippen molar-refractivity contribution in [1.29, 1.82) is 5.26 Å². The molecular formula is C22H25N3O3S. The average molecular weight is 412 g/mol. The molecule has 2 aromatic carbocycles. The van der Waals surface area contributed by atoms with Gasteiger partial charge in [0.1, 0.15) is 11.8 Å². The number of methoxy groups -OCH3 is 1. The Balaban J connectivity index is 2.22. The Hall–Kier alpha value is -2.98. The number of hydrogen-bond donors (Lipinski definition) is 0. The lowest BCUT2D eigenvalue weighted by Crippen LogP contribution is -2.27. The Labute approximate surface area is 172 Å². The molecule has 0 aliphatic carbocycles. The molecule has 3 aromatic rings. The molecule has 0 spiro atoms. The largest absolute Gasteiger partial charge is 0.497 e. The maximum Gasteiger partial charge on any atom is 0.234 e. The maximum atomic E-state index is 12.1. The molecule has 0 fully saturated rings. The highest BCUT2D eigenvalue weighted by molar-refractivity contribution is 7.92. The Morgan fingerprint density at radius 1 is 1.17 bits per heavy atom. The number of nitrogens with zero attached hydrogens (tertiary/aromatic N) is 3. The fourth-order valence-corrected chi connectivity index (χ4v) is 4.36. The van der Waals surface area contributed by atoms with Crippen LogP contribution in [0, 0.1) is 11.3 Å². The highest BCUT2D eigenvalue weighted by Gasteiger charge is 2.22. The van der Waals surface area contributed by atoms with E-state index in [1.165, 1.54) is 4.31 Å². The van der Waals surface area contributed by atoms with Crippen molar-refractivity contribution in [3.63, 3.8) is 0 Å². The lowest BCUT2D eigenvalue weighted by Gasteiger charge is -2.19. The van der Waals surface area contributed by atoms with E-state index in [0.717, 1.165) is 27.9 Å². The molecule has 0 saturated carbocycles. The van der Waals surface area contributed by atoms with Crippen molar-refractivity contribution >= 4 is 26.6 Å². The SMILES string of the molecule is CCS(=O)(=O)N(C)c1ccc(-c2c(C#N)c3ccc(OC)cc3n2C(C)C)cc1. The van der Waals surface area contributed by atoms with Crippen molar-refractivity contribution in [1.82, 2.24) is 4.57 Å². The minimum atomic E-state index is -3.33. The van der Waals surface area contributed by atoms with Gasteiger partial charge in [0, 0.05) is 24.5 Å². The lowest BCUT2D eigenvalue weighted by atomic mass is 10.1. The summed E-state index contributed by atoms with van der Waals surface area (Å²) >= 11 is 0.